The second kappa shape index (κ2) is 4.63. The van der Waals surface area contributed by atoms with Crippen LogP contribution in [0.1, 0.15) is 16.8 Å². The number of amides is 1. The van der Waals surface area contributed by atoms with Gasteiger partial charge in [0.1, 0.15) is 5.75 Å². The van der Waals surface area contributed by atoms with E-state index in [-0.39, 0.29) is 5.91 Å². The van der Waals surface area contributed by atoms with Crippen LogP contribution in [-0.4, -0.2) is 42.2 Å². The topological polar surface area (TPSA) is 75.8 Å². The van der Waals surface area contributed by atoms with Crippen molar-refractivity contribution >= 4 is 11.6 Å². The Morgan fingerprint density at radius 1 is 1.59 bits per heavy atom. The molecule has 5 nitrogen and oxygen atoms in total. The van der Waals surface area contributed by atoms with E-state index >= 15 is 0 Å². The van der Waals surface area contributed by atoms with Gasteiger partial charge >= 0.3 is 0 Å². The van der Waals surface area contributed by atoms with Crippen molar-refractivity contribution < 1.29 is 14.6 Å². The highest BCUT2D eigenvalue weighted by atomic mass is 16.5. The first-order chi connectivity index (χ1) is 8.11. The molecule has 0 radical (unpaired) electrons. The third-order valence-electron chi connectivity index (χ3n) is 2.94. The summed E-state index contributed by atoms with van der Waals surface area (Å²) >= 11 is 0. The number of β-amino-alcohol motifs (C(OH)–C–C–N with tert-alkyl or cyclic N) is 1. The number of anilines is 1. The Labute approximate surface area is 99.8 Å². The first-order valence-corrected chi connectivity index (χ1v) is 5.52. The van der Waals surface area contributed by atoms with Crippen LogP contribution in [0, 0.1) is 0 Å². The molecule has 0 bridgehead atoms. The predicted octanol–water partition coefficient (Wildman–Crippen LogP) is 0.484. The maximum absolute atomic E-state index is 12.1. The lowest BCUT2D eigenvalue weighted by Crippen LogP contribution is -2.30. The highest BCUT2D eigenvalue weighted by Crippen LogP contribution is 2.22. The third kappa shape index (κ3) is 2.34. The van der Waals surface area contributed by atoms with E-state index in [1.165, 1.54) is 0 Å². The fourth-order valence-corrected chi connectivity index (χ4v) is 1.96. The van der Waals surface area contributed by atoms with Crippen molar-refractivity contribution in [2.24, 2.45) is 0 Å². The monoisotopic (exact) mass is 236 g/mol. The normalized spacial score (nSPS) is 19.4. The number of carbonyl (C=O) groups excluding carboxylic acids is 1. The van der Waals surface area contributed by atoms with Gasteiger partial charge in [0.25, 0.3) is 5.91 Å². The molecule has 1 amide bonds. The standard InChI is InChI=1S/C12H16N2O3/c1-17-9-2-3-10(11(13)6-9)12(16)14-5-4-8(15)7-14/h2-3,6,8,15H,4-5,7,13H2,1H3. The summed E-state index contributed by atoms with van der Waals surface area (Å²) in [4.78, 5) is 13.7. The zero-order chi connectivity index (χ0) is 12.4. The number of nitrogen functional groups attached to an aromatic ring is 1. The fourth-order valence-electron chi connectivity index (χ4n) is 1.96. The molecule has 2 rings (SSSR count). The number of hydrogen-bond donors (Lipinski definition) is 2. The predicted molar refractivity (Wildman–Crippen MR) is 63.9 cm³/mol. The van der Waals surface area contributed by atoms with Gasteiger partial charge in [0.2, 0.25) is 0 Å². The lowest BCUT2D eigenvalue weighted by atomic mass is 10.1. The molecular formula is C12H16N2O3. The van der Waals surface area contributed by atoms with Crippen LogP contribution in [0.5, 0.6) is 5.75 Å². The molecular weight excluding hydrogens is 220 g/mol. The van der Waals surface area contributed by atoms with E-state index in [9.17, 15) is 9.90 Å². The zero-order valence-electron chi connectivity index (χ0n) is 9.72. The Bertz CT molecular complexity index is 434. The van der Waals surface area contributed by atoms with Crippen molar-refractivity contribution in [2.45, 2.75) is 12.5 Å². The Kier molecular flexibility index (Phi) is 3.19. The van der Waals surface area contributed by atoms with Gasteiger partial charge in [-0.15, -0.1) is 0 Å². The molecule has 1 atom stereocenters. The number of nitrogens with two attached hydrogens (primary N) is 1. The van der Waals surface area contributed by atoms with Crippen LogP contribution in [-0.2, 0) is 0 Å². The van der Waals surface area contributed by atoms with Gasteiger partial charge in [-0.2, -0.15) is 0 Å². The van der Waals surface area contributed by atoms with E-state index in [0.717, 1.165) is 0 Å². The van der Waals surface area contributed by atoms with E-state index in [4.69, 9.17) is 10.5 Å². The summed E-state index contributed by atoms with van der Waals surface area (Å²) in [5.74, 6) is 0.488. The van der Waals surface area contributed by atoms with E-state index in [1.54, 1.807) is 30.2 Å². The summed E-state index contributed by atoms with van der Waals surface area (Å²) in [6, 6.07) is 4.98. The Hall–Kier alpha value is -1.75. The average molecular weight is 236 g/mol. The lowest BCUT2D eigenvalue weighted by molar-refractivity contribution is 0.0766. The van der Waals surface area contributed by atoms with Gasteiger partial charge in [-0.25, -0.2) is 0 Å². The summed E-state index contributed by atoms with van der Waals surface area (Å²) in [7, 11) is 1.55. The molecule has 0 saturated carbocycles. The molecule has 5 heteroatoms. The molecule has 1 aromatic rings. The van der Waals surface area contributed by atoms with Gasteiger partial charge in [-0.3, -0.25) is 4.79 Å². The van der Waals surface area contributed by atoms with E-state index < -0.39 is 6.10 Å². The van der Waals surface area contributed by atoms with Gasteiger partial charge in [0, 0.05) is 24.8 Å². The molecule has 1 heterocycles. The number of methoxy groups -OCH3 is 1. The molecule has 0 aliphatic carbocycles. The zero-order valence-corrected chi connectivity index (χ0v) is 9.72. The highest BCUT2D eigenvalue weighted by molar-refractivity contribution is 5.99. The van der Waals surface area contributed by atoms with Crippen LogP contribution in [0.3, 0.4) is 0 Å². The van der Waals surface area contributed by atoms with Crippen molar-refractivity contribution in [1.82, 2.24) is 4.90 Å². The first kappa shape index (κ1) is 11.7. The number of aliphatic hydroxyl groups is 1. The molecule has 0 spiro atoms. The van der Waals surface area contributed by atoms with Crippen molar-refractivity contribution in [1.29, 1.82) is 0 Å². The second-order valence-corrected chi connectivity index (χ2v) is 4.15. The number of likely N-dealkylation sites (tertiary alicyclic amines) is 1. The summed E-state index contributed by atoms with van der Waals surface area (Å²) in [6.07, 6.45) is 0.209. The number of carbonyl (C=O) groups is 1. The maximum atomic E-state index is 12.1. The molecule has 1 aliphatic rings. The van der Waals surface area contributed by atoms with Crippen LogP contribution in [0.25, 0.3) is 0 Å². The van der Waals surface area contributed by atoms with Gasteiger partial charge < -0.3 is 20.5 Å². The maximum Gasteiger partial charge on any atom is 0.256 e. The summed E-state index contributed by atoms with van der Waals surface area (Å²) in [6.45, 7) is 0.954. The molecule has 3 N–H and O–H groups in total. The van der Waals surface area contributed by atoms with Crippen LogP contribution < -0.4 is 10.5 Å². The Balaban J connectivity index is 2.19. The summed E-state index contributed by atoms with van der Waals surface area (Å²) in [5, 5.41) is 9.40. The quantitative estimate of drug-likeness (QED) is 0.732. The van der Waals surface area contributed by atoms with Crippen LogP contribution in [0.4, 0.5) is 5.69 Å². The lowest BCUT2D eigenvalue weighted by Gasteiger charge is -2.17. The number of aliphatic hydroxyl groups excluding tert-OH is 1. The number of nitrogens with zero attached hydrogens (tertiary/aromatic N) is 1. The number of benzene rings is 1. The molecule has 17 heavy (non-hydrogen) atoms. The molecule has 1 aromatic carbocycles. The Morgan fingerprint density at radius 3 is 2.88 bits per heavy atom. The van der Waals surface area contributed by atoms with Crippen LogP contribution in [0.2, 0.25) is 0 Å². The average Bonchev–Trinajstić information content (AvgIpc) is 2.75. The van der Waals surface area contributed by atoms with E-state index in [0.29, 0.717) is 36.5 Å². The van der Waals surface area contributed by atoms with Gasteiger partial charge in [-0.1, -0.05) is 0 Å². The first-order valence-electron chi connectivity index (χ1n) is 5.52. The van der Waals surface area contributed by atoms with Gasteiger partial charge in [0.15, 0.2) is 0 Å². The second-order valence-electron chi connectivity index (χ2n) is 4.15. The van der Waals surface area contributed by atoms with E-state index in [1.807, 2.05) is 0 Å². The molecule has 1 unspecified atom stereocenters. The summed E-state index contributed by atoms with van der Waals surface area (Å²) < 4.78 is 5.03. The molecule has 1 aliphatic heterocycles. The third-order valence-corrected chi connectivity index (χ3v) is 2.94. The minimum Gasteiger partial charge on any atom is -0.497 e. The number of rotatable bonds is 2. The molecule has 1 saturated heterocycles. The number of ether oxygens (including phenoxy) is 1. The van der Waals surface area contributed by atoms with E-state index in [2.05, 4.69) is 0 Å². The molecule has 0 aromatic heterocycles. The Morgan fingerprint density at radius 2 is 2.35 bits per heavy atom. The van der Waals surface area contributed by atoms with Crippen LogP contribution in [0.15, 0.2) is 18.2 Å². The molecule has 92 valence electrons. The molecule has 1 fully saturated rings. The van der Waals surface area contributed by atoms with Gasteiger partial charge in [0.05, 0.1) is 18.8 Å². The number of hydrogen-bond acceptors (Lipinski definition) is 4. The minimum absolute atomic E-state index is 0.137. The largest absolute Gasteiger partial charge is 0.497 e. The SMILES string of the molecule is COc1ccc(C(=O)N2CCC(O)C2)c(N)c1. The van der Waals surface area contributed by atoms with Crippen LogP contribution >= 0.6 is 0 Å². The van der Waals surface area contributed by atoms with Crippen molar-refractivity contribution in [3.05, 3.63) is 23.8 Å². The van der Waals surface area contributed by atoms with Crippen molar-refractivity contribution in [3.63, 3.8) is 0 Å². The highest BCUT2D eigenvalue weighted by Gasteiger charge is 2.26. The summed E-state index contributed by atoms with van der Waals surface area (Å²) in [5.41, 5.74) is 6.67. The van der Waals surface area contributed by atoms with Gasteiger partial charge in [-0.05, 0) is 18.6 Å². The smallest absolute Gasteiger partial charge is 0.256 e. The minimum atomic E-state index is -0.418. The van der Waals surface area contributed by atoms with Crippen molar-refractivity contribution in [3.8, 4) is 5.75 Å². The fraction of sp³-hybridized carbons (Fsp3) is 0.417. The van der Waals surface area contributed by atoms with Crippen molar-refractivity contribution in [2.75, 3.05) is 25.9 Å².